The summed E-state index contributed by atoms with van der Waals surface area (Å²) < 4.78 is 0. The number of fused-ring (bicyclic) bond motifs is 1. The molecule has 4 nitrogen and oxygen atoms in total. The summed E-state index contributed by atoms with van der Waals surface area (Å²) in [6.45, 7) is 1.49. The van der Waals surface area contributed by atoms with E-state index in [1.807, 2.05) is 24.3 Å². The SMILES string of the molecule is C[C@H](O)[C@H](C(=O)O)c1c[nH]c2ccccc12. The number of hydrogen-bond donors (Lipinski definition) is 3. The quantitative estimate of drug-likeness (QED) is 0.735. The van der Waals surface area contributed by atoms with Crippen molar-refractivity contribution in [3.8, 4) is 0 Å². The molecule has 0 unspecified atom stereocenters. The van der Waals surface area contributed by atoms with Gasteiger partial charge in [0.15, 0.2) is 0 Å². The lowest BCUT2D eigenvalue weighted by molar-refractivity contribution is -0.141. The zero-order valence-electron chi connectivity index (χ0n) is 8.84. The Hall–Kier alpha value is -1.81. The maximum Gasteiger partial charge on any atom is 0.313 e. The number of aliphatic hydroxyl groups is 1. The van der Waals surface area contributed by atoms with Gasteiger partial charge in [0, 0.05) is 17.1 Å². The van der Waals surface area contributed by atoms with E-state index in [2.05, 4.69) is 4.98 Å². The molecule has 2 rings (SSSR count). The van der Waals surface area contributed by atoms with E-state index in [1.54, 1.807) is 6.20 Å². The Morgan fingerprint density at radius 3 is 2.69 bits per heavy atom. The summed E-state index contributed by atoms with van der Waals surface area (Å²) in [5, 5.41) is 19.5. The summed E-state index contributed by atoms with van der Waals surface area (Å²) in [7, 11) is 0. The van der Waals surface area contributed by atoms with E-state index in [-0.39, 0.29) is 0 Å². The van der Waals surface area contributed by atoms with E-state index in [0.717, 1.165) is 10.9 Å². The summed E-state index contributed by atoms with van der Waals surface area (Å²) >= 11 is 0. The van der Waals surface area contributed by atoms with Gasteiger partial charge >= 0.3 is 5.97 Å². The van der Waals surface area contributed by atoms with E-state index in [9.17, 15) is 9.90 Å². The number of carboxylic acid groups (broad SMARTS) is 1. The van der Waals surface area contributed by atoms with Gasteiger partial charge in [-0.3, -0.25) is 4.79 Å². The Kier molecular flexibility index (Phi) is 2.66. The molecule has 1 heterocycles. The van der Waals surface area contributed by atoms with Gasteiger partial charge in [0.25, 0.3) is 0 Å². The Balaban J connectivity index is 2.57. The minimum atomic E-state index is -1.01. The van der Waals surface area contributed by atoms with Crippen molar-refractivity contribution >= 4 is 16.9 Å². The lowest BCUT2D eigenvalue weighted by Gasteiger charge is -2.14. The fraction of sp³-hybridized carbons (Fsp3) is 0.250. The van der Waals surface area contributed by atoms with Gasteiger partial charge in [-0.25, -0.2) is 0 Å². The minimum absolute atomic E-state index is 0.623. The molecule has 4 heteroatoms. The highest BCUT2D eigenvalue weighted by molar-refractivity contribution is 5.89. The summed E-state index contributed by atoms with van der Waals surface area (Å²) in [6.07, 6.45) is 0.729. The predicted octanol–water partition coefficient (Wildman–Crippen LogP) is 1.72. The molecule has 0 fully saturated rings. The lowest BCUT2D eigenvalue weighted by atomic mass is 9.94. The topological polar surface area (TPSA) is 73.3 Å². The first-order valence-electron chi connectivity index (χ1n) is 5.08. The van der Waals surface area contributed by atoms with Crippen molar-refractivity contribution in [2.45, 2.75) is 18.9 Å². The molecule has 0 bridgehead atoms. The largest absolute Gasteiger partial charge is 0.481 e. The number of benzene rings is 1. The van der Waals surface area contributed by atoms with Crippen molar-refractivity contribution in [1.82, 2.24) is 4.98 Å². The van der Waals surface area contributed by atoms with Crippen molar-refractivity contribution < 1.29 is 15.0 Å². The molecular weight excluding hydrogens is 206 g/mol. The van der Waals surface area contributed by atoms with Gasteiger partial charge < -0.3 is 15.2 Å². The predicted molar refractivity (Wildman–Crippen MR) is 60.4 cm³/mol. The summed E-state index contributed by atoms with van der Waals surface area (Å²) in [6, 6.07) is 7.45. The first-order valence-corrected chi connectivity index (χ1v) is 5.08. The molecule has 0 saturated carbocycles. The third-order valence-electron chi connectivity index (χ3n) is 2.70. The second-order valence-electron chi connectivity index (χ2n) is 3.85. The summed E-state index contributed by atoms with van der Waals surface area (Å²) in [5.74, 6) is -1.91. The third-order valence-corrected chi connectivity index (χ3v) is 2.70. The Bertz CT molecular complexity index is 516. The zero-order valence-corrected chi connectivity index (χ0v) is 8.84. The highest BCUT2D eigenvalue weighted by Crippen LogP contribution is 2.28. The van der Waals surface area contributed by atoms with Gasteiger partial charge in [0.05, 0.1) is 6.10 Å². The molecule has 0 aliphatic heterocycles. The van der Waals surface area contributed by atoms with E-state index in [1.165, 1.54) is 6.92 Å². The van der Waals surface area contributed by atoms with Crippen LogP contribution in [0.25, 0.3) is 10.9 Å². The molecule has 0 radical (unpaired) electrons. The van der Waals surface area contributed by atoms with Gasteiger partial charge in [0.1, 0.15) is 5.92 Å². The number of aliphatic carboxylic acids is 1. The average molecular weight is 219 g/mol. The van der Waals surface area contributed by atoms with E-state index in [0.29, 0.717) is 5.56 Å². The van der Waals surface area contributed by atoms with Crippen molar-refractivity contribution in [3.05, 3.63) is 36.0 Å². The van der Waals surface area contributed by atoms with Crippen LogP contribution in [0.5, 0.6) is 0 Å². The number of rotatable bonds is 3. The molecule has 1 aromatic heterocycles. The fourth-order valence-electron chi connectivity index (χ4n) is 1.95. The van der Waals surface area contributed by atoms with Crippen LogP contribution in [0.3, 0.4) is 0 Å². The molecule has 0 aliphatic carbocycles. The van der Waals surface area contributed by atoms with Gasteiger partial charge in [-0.1, -0.05) is 18.2 Å². The Morgan fingerprint density at radius 1 is 1.38 bits per heavy atom. The van der Waals surface area contributed by atoms with Gasteiger partial charge in [0.2, 0.25) is 0 Å². The van der Waals surface area contributed by atoms with Crippen LogP contribution in [0.2, 0.25) is 0 Å². The van der Waals surface area contributed by atoms with Crippen molar-refractivity contribution in [3.63, 3.8) is 0 Å². The Labute approximate surface area is 92.5 Å². The maximum absolute atomic E-state index is 11.1. The standard InChI is InChI=1S/C12H13NO3/c1-7(14)11(12(15)16)9-6-13-10-5-3-2-4-8(9)10/h2-7,11,13-14H,1H3,(H,15,16)/t7-,11-/m0/s1. The normalized spacial score (nSPS) is 14.9. The molecule has 0 saturated heterocycles. The molecule has 1 aromatic carbocycles. The third kappa shape index (κ3) is 1.67. The second-order valence-corrected chi connectivity index (χ2v) is 3.85. The summed E-state index contributed by atoms with van der Waals surface area (Å²) in [5.41, 5.74) is 1.50. The van der Waals surface area contributed by atoms with Crippen molar-refractivity contribution in [2.75, 3.05) is 0 Å². The summed E-state index contributed by atoms with van der Waals surface area (Å²) in [4.78, 5) is 14.1. The number of H-pyrrole nitrogens is 1. The molecule has 2 aromatic rings. The van der Waals surface area contributed by atoms with Crippen LogP contribution >= 0.6 is 0 Å². The Morgan fingerprint density at radius 2 is 2.06 bits per heavy atom. The first-order chi connectivity index (χ1) is 7.61. The van der Waals surface area contributed by atoms with Crippen molar-refractivity contribution in [2.24, 2.45) is 0 Å². The molecule has 0 aliphatic rings. The van der Waals surface area contributed by atoms with Gasteiger partial charge in [-0.05, 0) is 18.6 Å². The number of aromatic amines is 1. The second kappa shape index (κ2) is 3.98. The number of para-hydroxylation sites is 1. The lowest BCUT2D eigenvalue weighted by Crippen LogP contribution is -2.23. The molecular formula is C12H13NO3. The fourth-order valence-corrected chi connectivity index (χ4v) is 1.95. The van der Waals surface area contributed by atoms with Crippen LogP contribution in [0, 0.1) is 0 Å². The molecule has 16 heavy (non-hydrogen) atoms. The highest BCUT2D eigenvalue weighted by atomic mass is 16.4. The minimum Gasteiger partial charge on any atom is -0.481 e. The molecule has 0 spiro atoms. The average Bonchev–Trinajstić information content (AvgIpc) is 2.61. The number of carbonyl (C=O) groups is 1. The van der Waals surface area contributed by atoms with Gasteiger partial charge in [-0.15, -0.1) is 0 Å². The van der Waals surface area contributed by atoms with Crippen LogP contribution in [-0.2, 0) is 4.79 Å². The monoisotopic (exact) mass is 219 g/mol. The molecule has 0 amide bonds. The number of hydrogen-bond acceptors (Lipinski definition) is 2. The van der Waals surface area contributed by atoms with Crippen LogP contribution in [-0.4, -0.2) is 27.3 Å². The number of aromatic nitrogens is 1. The van der Waals surface area contributed by atoms with Crippen LogP contribution in [0.15, 0.2) is 30.5 Å². The van der Waals surface area contributed by atoms with E-state index in [4.69, 9.17) is 5.11 Å². The number of carboxylic acids is 1. The maximum atomic E-state index is 11.1. The van der Waals surface area contributed by atoms with Crippen LogP contribution in [0.4, 0.5) is 0 Å². The molecule has 84 valence electrons. The number of aliphatic hydroxyl groups excluding tert-OH is 1. The van der Waals surface area contributed by atoms with Crippen molar-refractivity contribution in [1.29, 1.82) is 0 Å². The highest BCUT2D eigenvalue weighted by Gasteiger charge is 2.27. The smallest absolute Gasteiger partial charge is 0.313 e. The molecule has 2 atom stereocenters. The molecule has 3 N–H and O–H groups in total. The van der Waals surface area contributed by atoms with Crippen LogP contribution < -0.4 is 0 Å². The zero-order chi connectivity index (χ0) is 11.7. The van der Waals surface area contributed by atoms with Crippen LogP contribution in [0.1, 0.15) is 18.4 Å². The number of nitrogens with one attached hydrogen (secondary N) is 1. The van der Waals surface area contributed by atoms with E-state index < -0.39 is 18.0 Å². The van der Waals surface area contributed by atoms with E-state index >= 15 is 0 Å². The first kappa shape index (κ1) is 10.7. The van der Waals surface area contributed by atoms with Gasteiger partial charge in [-0.2, -0.15) is 0 Å².